The maximum atomic E-state index is 12.9. The molecule has 79 heavy (non-hydrogen) atoms. The second kappa shape index (κ2) is 60.3. The number of carbonyl (C=O) groups is 2. The summed E-state index contributed by atoms with van der Waals surface area (Å²) >= 11 is 0. The SMILES string of the molecule is CC/C=C\C/C=C\C/C=C\C/C=C\C/C=C\CCCCCCCCCCCCCC(=O)OC(COC(=O)CCCCCCCCCCCCCCCCCCCCCCCCCCCCCC)COP(=O)(O)OCC[N+](C)(C)C. The highest BCUT2D eigenvalue weighted by molar-refractivity contribution is 7.47. The number of unbranched alkanes of at least 4 members (excludes halogenated alkanes) is 38. The molecule has 0 bridgehead atoms. The first-order valence-corrected chi connectivity index (χ1v) is 35.0. The van der Waals surface area contributed by atoms with Crippen molar-refractivity contribution >= 4 is 19.8 Å². The first-order valence-electron chi connectivity index (χ1n) is 33.5. The summed E-state index contributed by atoms with van der Waals surface area (Å²) < 4.78 is 34.7. The van der Waals surface area contributed by atoms with Crippen molar-refractivity contribution in [2.45, 2.75) is 322 Å². The molecule has 1 N–H and O–H groups in total. The van der Waals surface area contributed by atoms with E-state index in [9.17, 15) is 19.0 Å². The van der Waals surface area contributed by atoms with Gasteiger partial charge in [0.25, 0.3) is 0 Å². The number of hydrogen-bond donors (Lipinski definition) is 1. The lowest BCUT2D eigenvalue weighted by atomic mass is 10.0. The van der Waals surface area contributed by atoms with E-state index in [0.717, 1.165) is 70.6 Å². The van der Waals surface area contributed by atoms with Crippen molar-refractivity contribution in [3.05, 3.63) is 60.8 Å². The Kier molecular flexibility index (Phi) is 58.6. The Balaban J connectivity index is 4.05. The van der Waals surface area contributed by atoms with Gasteiger partial charge in [0.15, 0.2) is 6.10 Å². The van der Waals surface area contributed by atoms with E-state index in [4.69, 9.17) is 18.5 Å². The van der Waals surface area contributed by atoms with E-state index >= 15 is 0 Å². The number of quaternary nitrogens is 1. The van der Waals surface area contributed by atoms with Gasteiger partial charge in [-0.05, 0) is 57.8 Å². The quantitative estimate of drug-likeness (QED) is 0.0211. The van der Waals surface area contributed by atoms with Gasteiger partial charge in [-0.15, -0.1) is 0 Å². The largest absolute Gasteiger partial charge is 0.472 e. The van der Waals surface area contributed by atoms with Crippen LogP contribution in [0.25, 0.3) is 0 Å². The zero-order valence-electron chi connectivity index (χ0n) is 52.6. The van der Waals surface area contributed by atoms with Gasteiger partial charge in [-0.1, -0.05) is 306 Å². The summed E-state index contributed by atoms with van der Waals surface area (Å²) in [5.41, 5.74) is 0. The van der Waals surface area contributed by atoms with Gasteiger partial charge in [0.05, 0.1) is 27.7 Å². The minimum atomic E-state index is -4.39. The lowest BCUT2D eigenvalue weighted by Crippen LogP contribution is -2.37. The van der Waals surface area contributed by atoms with Gasteiger partial charge in [0.2, 0.25) is 0 Å². The number of esters is 2. The van der Waals surface area contributed by atoms with Gasteiger partial charge < -0.3 is 18.9 Å². The molecule has 0 aromatic heterocycles. The second-order valence-electron chi connectivity index (χ2n) is 23.8. The van der Waals surface area contributed by atoms with Gasteiger partial charge in [-0.3, -0.25) is 18.6 Å². The van der Waals surface area contributed by atoms with Gasteiger partial charge in [-0.25, -0.2) is 4.57 Å². The number of rotatable bonds is 62. The maximum absolute atomic E-state index is 12.9. The monoisotopic (exact) mass is 1130 g/mol. The third-order valence-electron chi connectivity index (χ3n) is 14.8. The van der Waals surface area contributed by atoms with Crippen LogP contribution in [0.5, 0.6) is 0 Å². The number of likely N-dealkylation sites (N-methyl/N-ethyl adjacent to an activating group) is 1. The minimum absolute atomic E-state index is 0.0311. The van der Waals surface area contributed by atoms with Crippen molar-refractivity contribution in [2.75, 3.05) is 47.5 Å². The third kappa shape index (κ3) is 64.7. The van der Waals surface area contributed by atoms with E-state index in [1.165, 1.54) is 212 Å². The summed E-state index contributed by atoms with van der Waals surface area (Å²) in [6.07, 6.45) is 78.9. The van der Waals surface area contributed by atoms with Crippen LogP contribution in [0.4, 0.5) is 0 Å². The molecule has 0 aliphatic rings. The highest BCUT2D eigenvalue weighted by atomic mass is 31.2. The van der Waals surface area contributed by atoms with Crippen molar-refractivity contribution < 1.29 is 42.1 Å². The molecule has 2 atom stereocenters. The smallest absolute Gasteiger partial charge is 0.462 e. The Morgan fingerprint density at radius 2 is 0.722 bits per heavy atom. The lowest BCUT2D eigenvalue weighted by Gasteiger charge is -2.24. The zero-order chi connectivity index (χ0) is 57.7. The molecule has 0 aliphatic carbocycles. The first-order chi connectivity index (χ1) is 38.5. The molecule has 0 spiro atoms. The number of carbonyl (C=O) groups excluding carboxylic acids is 2. The number of hydrogen-bond acceptors (Lipinski definition) is 7. The summed E-state index contributed by atoms with van der Waals surface area (Å²) in [6.45, 7) is 4.37. The topological polar surface area (TPSA) is 108 Å². The van der Waals surface area contributed by atoms with Crippen LogP contribution in [-0.2, 0) is 32.7 Å². The van der Waals surface area contributed by atoms with Gasteiger partial charge in [0.1, 0.15) is 19.8 Å². The van der Waals surface area contributed by atoms with E-state index < -0.39 is 26.5 Å². The lowest BCUT2D eigenvalue weighted by molar-refractivity contribution is -0.870. The molecule has 0 saturated carbocycles. The highest BCUT2D eigenvalue weighted by Crippen LogP contribution is 2.43. The average Bonchev–Trinajstić information content (AvgIpc) is 3.41. The Morgan fingerprint density at radius 1 is 0.405 bits per heavy atom. The standard InChI is InChI=1S/C69H128NO8P/c1-6-8-10-12-14-16-18-20-22-24-26-28-30-32-34-36-37-39-41-43-45-47-49-51-53-55-57-59-61-68(71)75-65-67(66-77-79(73,74)76-64-63-70(3,4)5)78-69(72)62-60-58-56-54-52-50-48-46-44-42-40-38-35-33-31-29-27-25-23-21-19-17-15-13-11-9-7-2/h9,11,15,17,21,23,27,29,33,35,67H,6-8,10,12-14,16,18-20,22,24-26,28,30-32,34,36-66H2,1-5H3/p+1/b11-9-,17-15-,23-21-,29-27-,35-33-. The molecule has 2 unspecified atom stereocenters. The summed E-state index contributed by atoms with van der Waals surface area (Å²) in [7, 11) is 1.48. The van der Waals surface area contributed by atoms with Crippen LogP contribution in [0.15, 0.2) is 60.8 Å². The minimum Gasteiger partial charge on any atom is -0.462 e. The Hall–Kier alpha value is -2.29. The van der Waals surface area contributed by atoms with Crippen LogP contribution in [-0.4, -0.2) is 74.9 Å². The molecule has 462 valence electrons. The van der Waals surface area contributed by atoms with Crippen LogP contribution < -0.4 is 0 Å². The van der Waals surface area contributed by atoms with E-state index in [2.05, 4.69) is 74.6 Å². The Labute approximate surface area is 489 Å². The first kappa shape index (κ1) is 76.7. The fourth-order valence-electron chi connectivity index (χ4n) is 9.69. The summed E-state index contributed by atoms with van der Waals surface area (Å²) in [5.74, 6) is -0.787. The predicted molar refractivity (Wildman–Crippen MR) is 340 cm³/mol. The summed E-state index contributed by atoms with van der Waals surface area (Å²) in [5, 5.41) is 0. The van der Waals surface area contributed by atoms with Crippen molar-refractivity contribution in [3.8, 4) is 0 Å². The molecule has 0 fully saturated rings. The van der Waals surface area contributed by atoms with E-state index in [1.54, 1.807) is 0 Å². The fraction of sp³-hybridized carbons (Fsp3) is 0.826. The van der Waals surface area contributed by atoms with Crippen molar-refractivity contribution in [1.82, 2.24) is 0 Å². The van der Waals surface area contributed by atoms with Crippen LogP contribution in [0.3, 0.4) is 0 Å². The second-order valence-corrected chi connectivity index (χ2v) is 25.3. The molecule has 10 heteroatoms. The zero-order valence-corrected chi connectivity index (χ0v) is 53.5. The molecule has 0 aliphatic heterocycles. The molecule has 0 rings (SSSR count). The van der Waals surface area contributed by atoms with Crippen molar-refractivity contribution in [1.29, 1.82) is 0 Å². The van der Waals surface area contributed by atoms with Crippen molar-refractivity contribution in [2.24, 2.45) is 0 Å². The number of phosphoric ester groups is 1. The molecule has 0 heterocycles. The normalized spacial score (nSPS) is 13.5. The van der Waals surface area contributed by atoms with Gasteiger partial charge >= 0.3 is 19.8 Å². The number of nitrogens with zero attached hydrogens (tertiary/aromatic N) is 1. The molecule has 0 saturated heterocycles. The molecule has 0 aromatic carbocycles. The van der Waals surface area contributed by atoms with E-state index in [0.29, 0.717) is 23.9 Å². The van der Waals surface area contributed by atoms with Crippen LogP contribution in [0.1, 0.15) is 316 Å². The maximum Gasteiger partial charge on any atom is 0.472 e. The number of ether oxygens (including phenoxy) is 2. The van der Waals surface area contributed by atoms with Crippen LogP contribution >= 0.6 is 7.82 Å². The Bertz CT molecular complexity index is 1520. The number of phosphoric acid groups is 1. The van der Waals surface area contributed by atoms with Gasteiger partial charge in [-0.2, -0.15) is 0 Å². The number of allylic oxidation sites excluding steroid dienone is 10. The van der Waals surface area contributed by atoms with E-state index in [1.807, 2.05) is 21.1 Å². The molecule has 0 amide bonds. The summed E-state index contributed by atoms with van der Waals surface area (Å²) in [4.78, 5) is 35.8. The van der Waals surface area contributed by atoms with Crippen molar-refractivity contribution in [3.63, 3.8) is 0 Å². The molecular formula is C69H129NO8P+. The summed E-state index contributed by atoms with van der Waals surface area (Å²) in [6, 6.07) is 0. The highest BCUT2D eigenvalue weighted by Gasteiger charge is 2.27. The third-order valence-corrected chi connectivity index (χ3v) is 15.8. The molecule has 9 nitrogen and oxygen atoms in total. The average molecular weight is 1130 g/mol. The molecule has 0 aromatic rings. The fourth-order valence-corrected chi connectivity index (χ4v) is 10.4. The van der Waals surface area contributed by atoms with Crippen LogP contribution in [0.2, 0.25) is 0 Å². The van der Waals surface area contributed by atoms with Gasteiger partial charge in [0, 0.05) is 12.8 Å². The molecule has 0 radical (unpaired) electrons. The predicted octanol–water partition coefficient (Wildman–Crippen LogP) is 21.4. The van der Waals surface area contributed by atoms with Crippen LogP contribution in [0, 0.1) is 0 Å². The Morgan fingerprint density at radius 3 is 1.08 bits per heavy atom. The molecular weight excluding hydrogens is 1000 g/mol. The van der Waals surface area contributed by atoms with E-state index in [-0.39, 0.29) is 25.6 Å².